The van der Waals surface area contributed by atoms with Gasteiger partial charge in [-0.15, -0.1) is 0 Å². The molecule has 0 atom stereocenters. The Balaban J connectivity index is 1.61. The summed E-state index contributed by atoms with van der Waals surface area (Å²) < 4.78 is 0. The van der Waals surface area contributed by atoms with E-state index < -0.39 is 0 Å². The topological polar surface area (TPSA) is 69.6 Å². The second-order valence-electron chi connectivity index (χ2n) is 6.95. The predicted molar refractivity (Wildman–Crippen MR) is 126 cm³/mol. The SMILES string of the molecule is CN(CCO)c1ccc(/C=C/C(=O)c2ccc(NC(=O)c3ccccc3Cl)cc2)cc1. The van der Waals surface area contributed by atoms with Gasteiger partial charge in [0.2, 0.25) is 0 Å². The predicted octanol–water partition coefficient (Wildman–Crippen LogP) is 4.92. The number of benzene rings is 3. The van der Waals surface area contributed by atoms with Crippen molar-refractivity contribution in [1.29, 1.82) is 0 Å². The molecule has 5 nitrogen and oxygen atoms in total. The van der Waals surface area contributed by atoms with Gasteiger partial charge in [-0.1, -0.05) is 41.9 Å². The molecule has 0 aliphatic rings. The monoisotopic (exact) mass is 434 g/mol. The standard InChI is InChI=1S/C25H23ClN2O3/c1-28(16-17-29)21-13-6-18(7-14-21)8-15-24(30)19-9-11-20(12-10-19)27-25(31)22-4-2-3-5-23(22)26/h2-15,29H,16-17H2,1H3,(H,27,31)/b15-8+. The van der Waals surface area contributed by atoms with E-state index in [0.29, 0.717) is 28.4 Å². The second kappa shape index (κ2) is 10.6. The Morgan fingerprint density at radius 2 is 1.68 bits per heavy atom. The largest absolute Gasteiger partial charge is 0.395 e. The molecule has 31 heavy (non-hydrogen) atoms. The Kier molecular flexibility index (Phi) is 7.60. The zero-order valence-electron chi connectivity index (χ0n) is 17.1. The molecule has 3 rings (SSSR count). The number of likely N-dealkylation sites (N-methyl/N-ethyl adjacent to an activating group) is 1. The van der Waals surface area contributed by atoms with Crippen LogP contribution in [0.2, 0.25) is 5.02 Å². The lowest BCUT2D eigenvalue weighted by Gasteiger charge is -2.17. The number of hydrogen-bond donors (Lipinski definition) is 2. The van der Waals surface area contributed by atoms with Crippen LogP contribution in [0.5, 0.6) is 0 Å². The normalized spacial score (nSPS) is 10.8. The van der Waals surface area contributed by atoms with Crippen LogP contribution in [-0.2, 0) is 0 Å². The first kappa shape index (κ1) is 22.3. The summed E-state index contributed by atoms with van der Waals surface area (Å²) >= 11 is 6.05. The maximum Gasteiger partial charge on any atom is 0.257 e. The number of nitrogens with zero attached hydrogens (tertiary/aromatic N) is 1. The molecule has 6 heteroatoms. The van der Waals surface area contributed by atoms with E-state index in [2.05, 4.69) is 5.32 Å². The third-order valence-corrected chi connectivity index (χ3v) is 5.07. The summed E-state index contributed by atoms with van der Waals surface area (Å²) in [7, 11) is 1.91. The van der Waals surface area contributed by atoms with Gasteiger partial charge in [-0.25, -0.2) is 0 Å². The average Bonchev–Trinajstić information content (AvgIpc) is 2.78. The van der Waals surface area contributed by atoms with Gasteiger partial charge >= 0.3 is 0 Å². The van der Waals surface area contributed by atoms with Gasteiger partial charge in [0.1, 0.15) is 0 Å². The summed E-state index contributed by atoms with van der Waals surface area (Å²) in [4.78, 5) is 26.7. The first-order chi connectivity index (χ1) is 15.0. The van der Waals surface area contributed by atoms with Crippen LogP contribution < -0.4 is 10.2 Å². The lowest BCUT2D eigenvalue weighted by atomic mass is 10.1. The van der Waals surface area contributed by atoms with Crippen molar-refractivity contribution >= 4 is 40.7 Å². The van der Waals surface area contributed by atoms with Gasteiger partial charge in [0, 0.05) is 30.5 Å². The summed E-state index contributed by atoms with van der Waals surface area (Å²) in [5, 5.41) is 12.2. The molecule has 0 spiro atoms. The Hall–Kier alpha value is -3.41. The first-order valence-electron chi connectivity index (χ1n) is 9.78. The minimum atomic E-state index is -0.308. The number of aliphatic hydroxyl groups excluding tert-OH is 1. The molecule has 0 aromatic heterocycles. The van der Waals surface area contributed by atoms with Crippen LogP contribution in [0, 0.1) is 0 Å². The molecule has 2 N–H and O–H groups in total. The van der Waals surface area contributed by atoms with Crippen LogP contribution in [0.15, 0.2) is 78.9 Å². The maximum atomic E-state index is 12.5. The first-order valence-corrected chi connectivity index (χ1v) is 10.2. The van der Waals surface area contributed by atoms with Crippen LogP contribution in [-0.4, -0.2) is 37.0 Å². The fourth-order valence-electron chi connectivity index (χ4n) is 2.95. The van der Waals surface area contributed by atoms with Gasteiger partial charge in [-0.2, -0.15) is 0 Å². The molecule has 0 saturated carbocycles. The summed E-state index contributed by atoms with van der Waals surface area (Å²) in [6.07, 6.45) is 3.27. The molecule has 0 aliphatic heterocycles. The molecule has 3 aromatic rings. The van der Waals surface area contributed by atoms with E-state index in [4.69, 9.17) is 16.7 Å². The number of nitrogens with one attached hydrogen (secondary N) is 1. The molecule has 0 aliphatic carbocycles. The van der Waals surface area contributed by atoms with Crippen molar-refractivity contribution in [1.82, 2.24) is 0 Å². The molecule has 0 unspecified atom stereocenters. The molecule has 0 saturated heterocycles. The highest BCUT2D eigenvalue weighted by Gasteiger charge is 2.10. The van der Waals surface area contributed by atoms with E-state index in [-0.39, 0.29) is 18.3 Å². The summed E-state index contributed by atoms with van der Waals surface area (Å²) in [6.45, 7) is 0.650. The zero-order valence-corrected chi connectivity index (χ0v) is 17.8. The smallest absolute Gasteiger partial charge is 0.257 e. The number of aliphatic hydroxyl groups is 1. The van der Waals surface area contributed by atoms with Crippen LogP contribution in [0.25, 0.3) is 6.08 Å². The van der Waals surface area contributed by atoms with Crippen molar-refractivity contribution in [3.63, 3.8) is 0 Å². The molecular formula is C25H23ClN2O3. The Morgan fingerprint density at radius 1 is 1.00 bits per heavy atom. The minimum absolute atomic E-state index is 0.0924. The lowest BCUT2D eigenvalue weighted by Crippen LogP contribution is -2.20. The Bertz CT molecular complexity index is 1080. The van der Waals surface area contributed by atoms with Crippen molar-refractivity contribution in [2.75, 3.05) is 30.4 Å². The quantitative estimate of drug-likeness (QED) is 0.390. The van der Waals surface area contributed by atoms with Crippen LogP contribution >= 0.6 is 11.6 Å². The highest BCUT2D eigenvalue weighted by molar-refractivity contribution is 6.34. The lowest BCUT2D eigenvalue weighted by molar-refractivity contribution is 0.102. The summed E-state index contributed by atoms with van der Waals surface area (Å²) in [5.41, 5.74) is 3.38. The molecule has 0 bridgehead atoms. The van der Waals surface area contributed by atoms with Crippen LogP contribution in [0.3, 0.4) is 0 Å². The van der Waals surface area contributed by atoms with Gasteiger partial charge in [-0.3, -0.25) is 9.59 Å². The van der Waals surface area contributed by atoms with Gasteiger partial charge in [0.25, 0.3) is 5.91 Å². The molecule has 1 amide bonds. The third kappa shape index (κ3) is 6.04. The van der Waals surface area contributed by atoms with Gasteiger partial charge < -0.3 is 15.3 Å². The number of halogens is 1. The van der Waals surface area contributed by atoms with Crippen LogP contribution in [0.1, 0.15) is 26.3 Å². The zero-order chi connectivity index (χ0) is 22.2. The second-order valence-corrected chi connectivity index (χ2v) is 7.35. The van der Waals surface area contributed by atoms with Crippen molar-refractivity contribution in [3.05, 3.63) is 101 Å². The maximum absolute atomic E-state index is 12.5. The van der Waals surface area contributed by atoms with E-state index in [0.717, 1.165) is 11.3 Å². The molecular weight excluding hydrogens is 412 g/mol. The number of hydrogen-bond acceptors (Lipinski definition) is 4. The molecule has 158 valence electrons. The number of allylic oxidation sites excluding steroid dienone is 1. The number of carbonyl (C=O) groups excluding carboxylic acids is 2. The van der Waals surface area contributed by atoms with E-state index in [1.54, 1.807) is 54.6 Å². The van der Waals surface area contributed by atoms with E-state index in [9.17, 15) is 9.59 Å². The molecule has 0 heterocycles. The van der Waals surface area contributed by atoms with E-state index >= 15 is 0 Å². The number of anilines is 2. The van der Waals surface area contributed by atoms with E-state index in [1.807, 2.05) is 36.2 Å². The molecule has 0 radical (unpaired) electrons. The third-order valence-electron chi connectivity index (χ3n) is 4.74. The highest BCUT2D eigenvalue weighted by atomic mass is 35.5. The number of carbonyl (C=O) groups is 2. The van der Waals surface area contributed by atoms with Gasteiger partial charge in [0.15, 0.2) is 5.78 Å². The average molecular weight is 435 g/mol. The van der Waals surface area contributed by atoms with Crippen molar-refractivity contribution in [2.45, 2.75) is 0 Å². The molecule has 3 aromatic carbocycles. The fourth-order valence-corrected chi connectivity index (χ4v) is 3.17. The molecule has 0 fully saturated rings. The number of rotatable bonds is 8. The van der Waals surface area contributed by atoms with Crippen molar-refractivity contribution in [3.8, 4) is 0 Å². The van der Waals surface area contributed by atoms with E-state index in [1.165, 1.54) is 6.08 Å². The van der Waals surface area contributed by atoms with Crippen LogP contribution in [0.4, 0.5) is 11.4 Å². The Morgan fingerprint density at radius 3 is 2.32 bits per heavy atom. The summed E-state index contributed by atoms with van der Waals surface area (Å²) in [6, 6.07) is 21.2. The summed E-state index contributed by atoms with van der Waals surface area (Å²) in [5.74, 6) is -0.442. The van der Waals surface area contributed by atoms with Crippen molar-refractivity contribution < 1.29 is 14.7 Å². The minimum Gasteiger partial charge on any atom is -0.395 e. The fraction of sp³-hybridized carbons (Fsp3) is 0.120. The highest BCUT2D eigenvalue weighted by Crippen LogP contribution is 2.18. The number of amides is 1. The van der Waals surface area contributed by atoms with Gasteiger partial charge in [-0.05, 0) is 60.2 Å². The van der Waals surface area contributed by atoms with Gasteiger partial charge in [0.05, 0.1) is 17.2 Å². The number of ketones is 1. The Labute approximate surface area is 186 Å². The van der Waals surface area contributed by atoms with Crippen molar-refractivity contribution in [2.24, 2.45) is 0 Å².